The minimum Gasteiger partial charge on any atom is -0.381 e. The Labute approximate surface area is 123 Å². The maximum Gasteiger partial charge on any atom is 0.240 e. The first kappa shape index (κ1) is 14.0. The molecule has 2 aromatic rings. The van der Waals surface area contributed by atoms with Crippen LogP contribution in [0.25, 0.3) is 5.65 Å². The maximum atomic E-state index is 12.2. The van der Waals surface area contributed by atoms with Crippen molar-refractivity contribution in [3.8, 4) is 0 Å². The van der Waals surface area contributed by atoms with E-state index in [4.69, 9.17) is 10.5 Å². The molecule has 0 unspecified atom stereocenters. The van der Waals surface area contributed by atoms with E-state index in [2.05, 4.69) is 10.3 Å². The average Bonchev–Trinajstić information content (AvgIpc) is 2.90. The maximum absolute atomic E-state index is 12.2. The summed E-state index contributed by atoms with van der Waals surface area (Å²) < 4.78 is 7.26. The monoisotopic (exact) mass is 288 g/mol. The van der Waals surface area contributed by atoms with Crippen LogP contribution in [0.1, 0.15) is 24.2 Å². The largest absolute Gasteiger partial charge is 0.381 e. The predicted octanol–water partition coefficient (Wildman–Crippen LogP) is 0.767. The van der Waals surface area contributed by atoms with E-state index < -0.39 is 5.54 Å². The summed E-state index contributed by atoms with van der Waals surface area (Å²) in [5, 5.41) is 2.89. The lowest BCUT2D eigenvalue weighted by Gasteiger charge is -2.31. The van der Waals surface area contributed by atoms with Crippen molar-refractivity contribution in [1.29, 1.82) is 0 Å². The number of carbonyl (C=O) groups is 1. The van der Waals surface area contributed by atoms with Crippen molar-refractivity contribution >= 4 is 11.6 Å². The summed E-state index contributed by atoms with van der Waals surface area (Å²) in [6, 6.07) is 5.94. The molecule has 0 aromatic carbocycles. The molecule has 0 radical (unpaired) electrons. The van der Waals surface area contributed by atoms with E-state index in [9.17, 15) is 4.79 Å². The second-order valence-electron chi connectivity index (χ2n) is 5.58. The Kier molecular flexibility index (Phi) is 3.65. The van der Waals surface area contributed by atoms with Gasteiger partial charge < -0.3 is 20.2 Å². The van der Waals surface area contributed by atoms with Crippen molar-refractivity contribution in [1.82, 2.24) is 14.7 Å². The van der Waals surface area contributed by atoms with Gasteiger partial charge in [0.15, 0.2) is 0 Å². The topological polar surface area (TPSA) is 81.7 Å². The first-order valence-corrected chi connectivity index (χ1v) is 7.17. The number of pyridine rings is 1. The molecular formula is C15H20N4O2. The number of aromatic nitrogens is 2. The number of amides is 1. The van der Waals surface area contributed by atoms with Crippen molar-refractivity contribution in [3.05, 3.63) is 35.8 Å². The molecule has 112 valence electrons. The quantitative estimate of drug-likeness (QED) is 0.874. The second kappa shape index (κ2) is 5.46. The first-order valence-electron chi connectivity index (χ1n) is 7.17. The van der Waals surface area contributed by atoms with Crippen LogP contribution in [0.15, 0.2) is 24.4 Å². The molecule has 6 nitrogen and oxygen atoms in total. The van der Waals surface area contributed by atoms with Gasteiger partial charge in [0.2, 0.25) is 5.91 Å². The number of ether oxygens (including phenoxy) is 1. The molecule has 0 saturated carbocycles. The number of carbonyl (C=O) groups excluding carboxylic acids is 1. The average molecular weight is 288 g/mol. The van der Waals surface area contributed by atoms with Crippen LogP contribution in [0.4, 0.5) is 0 Å². The number of hydrogen-bond acceptors (Lipinski definition) is 4. The number of rotatable bonds is 3. The summed E-state index contributed by atoms with van der Waals surface area (Å²) in [5.41, 5.74) is 8.15. The Balaban J connectivity index is 1.68. The van der Waals surface area contributed by atoms with Gasteiger partial charge in [0.05, 0.1) is 17.8 Å². The van der Waals surface area contributed by atoms with Gasteiger partial charge in [0, 0.05) is 25.1 Å². The summed E-state index contributed by atoms with van der Waals surface area (Å²) >= 11 is 0. The van der Waals surface area contributed by atoms with Gasteiger partial charge in [0.1, 0.15) is 5.65 Å². The highest BCUT2D eigenvalue weighted by Gasteiger charge is 2.35. The van der Waals surface area contributed by atoms with E-state index in [0.717, 1.165) is 17.0 Å². The zero-order valence-corrected chi connectivity index (χ0v) is 12.1. The van der Waals surface area contributed by atoms with Crippen LogP contribution in [0.5, 0.6) is 0 Å². The van der Waals surface area contributed by atoms with Crippen LogP contribution in [0.3, 0.4) is 0 Å². The fraction of sp³-hybridized carbons (Fsp3) is 0.467. The van der Waals surface area contributed by atoms with E-state index in [1.165, 1.54) is 0 Å². The number of nitrogens with two attached hydrogens (primary N) is 1. The number of hydrogen-bond donors (Lipinski definition) is 2. The number of aryl methyl sites for hydroxylation is 1. The van der Waals surface area contributed by atoms with E-state index in [0.29, 0.717) is 32.6 Å². The lowest BCUT2D eigenvalue weighted by Crippen LogP contribution is -2.56. The molecule has 3 N–H and O–H groups in total. The zero-order valence-electron chi connectivity index (χ0n) is 12.1. The van der Waals surface area contributed by atoms with Gasteiger partial charge in [-0.25, -0.2) is 4.98 Å². The van der Waals surface area contributed by atoms with Crippen LogP contribution >= 0.6 is 0 Å². The fourth-order valence-corrected chi connectivity index (χ4v) is 2.59. The van der Waals surface area contributed by atoms with E-state index in [1.54, 1.807) is 0 Å². The molecule has 0 spiro atoms. The van der Waals surface area contributed by atoms with Crippen molar-refractivity contribution in [2.75, 3.05) is 13.2 Å². The van der Waals surface area contributed by atoms with Crippen molar-refractivity contribution in [2.24, 2.45) is 5.73 Å². The molecule has 1 aliphatic heterocycles. The molecule has 1 aliphatic rings. The highest BCUT2D eigenvalue weighted by molar-refractivity contribution is 5.86. The highest BCUT2D eigenvalue weighted by atomic mass is 16.5. The second-order valence-corrected chi connectivity index (χ2v) is 5.58. The van der Waals surface area contributed by atoms with Gasteiger partial charge in [-0.05, 0) is 31.9 Å². The van der Waals surface area contributed by atoms with Crippen LogP contribution < -0.4 is 11.1 Å². The number of nitrogens with one attached hydrogen (secondary N) is 1. The Bertz CT molecular complexity index is 659. The van der Waals surface area contributed by atoms with Gasteiger partial charge in [-0.15, -0.1) is 0 Å². The van der Waals surface area contributed by atoms with Crippen molar-refractivity contribution in [3.63, 3.8) is 0 Å². The van der Waals surface area contributed by atoms with Crippen molar-refractivity contribution in [2.45, 2.75) is 31.8 Å². The van der Waals surface area contributed by atoms with Gasteiger partial charge in [0.25, 0.3) is 0 Å². The normalized spacial score (nSPS) is 17.8. The molecule has 1 saturated heterocycles. The summed E-state index contributed by atoms with van der Waals surface area (Å²) in [6.07, 6.45) is 3.06. The van der Waals surface area contributed by atoms with Crippen LogP contribution in [0.2, 0.25) is 0 Å². The summed E-state index contributed by atoms with van der Waals surface area (Å²) in [4.78, 5) is 16.7. The Morgan fingerprint density at radius 2 is 2.24 bits per heavy atom. The number of imidazole rings is 1. The third-order valence-corrected chi connectivity index (χ3v) is 4.01. The summed E-state index contributed by atoms with van der Waals surface area (Å²) in [6.45, 7) is 3.49. The van der Waals surface area contributed by atoms with E-state index in [-0.39, 0.29) is 5.91 Å². The number of fused-ring (bicyclic) bond motifs is 1. The minimum absolute atomic E-state index is 0.125. The molecule has 1 amide bonds. The zero-order chi connectivity index (χ0) is 14.9. The van der Waals surface area contributed by atoms with E-state index >= 15 is 0 Å². The highest BCUT2D eigenvalue weighted by Crippen LogP contribution is 2.18. The third kappa shape index (κ3) is 2.77. The van der Waals surface area contributed by atoms with Crippen molar-refractivity contribution < 1.29 is 9.53 Å². The van der Waals surface area contributed by atoms with Crippen LogP contribution in [-0.2, 0) is 16.1 Å². The molecular weight excluding hydrogens is 268 g/mol. The molecule has 3 heterocycles. The molecule has 0 bridgehead atoms. The van der Waals surface area contributed by atoms with Crippen LogP contribution in [-0.4, -0.2) is 34.0 Å². The predicted molar refractivity (Wildman–Crippen MR) is 78.7 cm³/mol. The summed E-state index contributed by atoms with van der Waals surface area (Å²) in [7, 11) is 0. The van der Waals surface area contributed by atoms with Gasteiger partial charge >= 0.3 is 0 Å². The van der Waals surface area contributed by atoms with Crippen LogP contribution in [0, 0.1) is 6.92 Å². The van der Waals surface area contributed by atoms with Gasteiger partial charge in [-0.3, -0.25) is 4.79 Å². The molecule has 0 atom stereocenters. The van der Waals surface area contributed by atoms with E-state index in [1.807, 2.05) is 35.7 Å². The smallest absolute Gasteiger partial charge is 0.240 e. The third-order valence-electron chi connectivity index (χ3n) is 4.01. The minimum atomic E-state index is -0.812. The standard InChI is InChI=1S/C15H20N4O2/c1-11-3-2-4-13-18-12(10-19(11)13)9-17-14(20)15(16)5-7-21-8-6-15/h2-4,10H,5-9,16H2,1H3,(H,17,20). The van der Waals surface area contributed by atoms with Gasteiger partial charge in [-0.2, -0.15) is 0 Å². The molecule has 3 rings (SSSR count). The van der Waals surface area contributed by atoms with Gasteiger partial charge in [-0.1, -0.05) is 6.07 Å². The molecule has 0 aliphatic carbocycles. The molecule has 6 heteroatoms. The summed E-state index contributed by atoms with van der Waals surface area (Å²) in [5.74, 6) is -0.125. The molecule has 1 fully saturated rings. The molecule has 21 heavy (non-hydrogen) atoms. The first-order chi connectivity index (χ1) is 10.1. The fourth-order valence-electron chi connectivity index (χ4n) is 2.59. The Hall–Kier alpha value is -1.92. The Morgan fingerprint density at radius 1 is 1.48 bits per heavy atom. The lowest BCUT2D eigenvalue weighted by atomic mass is 9.90. The molecule has 2 aromatic heterocycles. The Morgan fingerprint density at radius 3 is 2.95 bits per heavy atom. The number of nitrogens with zero attached hydrogens (tertiary/aromatic N) is 2. The lowest BCUT2D eigenvalue weighted by molar-refractivity contribution is -0.129. The SMILES string of the molecule is Cc1cccc2nc(CNC(=O)C3(N)CCOCC3)cn12.